The summed E-state index contributed by atoms with van der Waals surface area (Å²) in [5.41, 5.74) is 0.231. The van der Waals surface area contributed by atoms with Crippen molar-refractivity contribution in [1.82, 2.24) is 5.32 Å². The van der Waals surface area contributed by atoms with E-state index in [2.05, 4.69) is 5.32 Å². The zero-order valence-corrected chi connectivity index (χ0v) is 12.2. The maximum absolute atomic E-state index is 12.6. The molecule has 1 aliphatic rings. The van der Waals surface area contributed by atoms with E-state index in [0.717, 1.165) is 23.5 Å². The first-order chi connectivity index (χ1) is 10.5. The van der Waals surface area contributed by atoms with Gasteiger partial charge in [-0.1, -0.05) is 0 Å². The minimum absolute atomic E-state index is 0.392. The molecule has 0 aromatic heterocycles. The van der Waals surface area contributed by atoms with Crippen molar-refractivity contribution in [3.05, 3.63) is 71.9 Å². The molecule has 1 aromatic carbocycles. The van der Waals surface area contributed by atoms with E-state index in [0.29, 0.717) is 18.7 Å². The van der Waals surface area contributed by atoms with Gasteiger partial charge in [-0.15, -0.1) is 36.3 Å². The molecule has 118 valence electrons. The van der Waals surface area contributed by atoms with Gasteiger partial charge in [0.05, 0.1) is 5.56 Å². The van der Waals surface area contributed by atoms with Crippen LogP contribution >= 0.6 is 0 Å². The lowest BCUT2D eigenvalue weighted by atomic mass is 10.0. The molecule has 0 bridgehead atoms. The van der Waals surface area contributed by atoms with Crippen molar-refractivity contribution >= 4 is 0 Å². The molecule has 0 atom stereocenters. The van der Waals surface area contributed by atoms with Crippen LogP contribution in [-0.4, -0.2) is 13.6 Å². The van der Waals surface area contributed by atoms with Crippen LogP contribution in [0.5, 0.6) is 5.75 Å². The number of nitrogens with one attached hydrogen (secondary N) is 1. The first-order valence-corrected chi connectivity index (χ1v) is 6.91. The number of hydrogen-bond donors (Lipinski definition) is 1. The summed E-state index contributed by atoms with van der Waals surface area (Å²) in [7, 11) is 1.83. The first kappa shape index (κ1) is 16.2. The van der Waals surface area contributed by atoms with Gasteiger partial charge in [0.2, 0.25) is 0 Å². The normalized spacial score (nSPS) is 16.4. The smallest absolute Gasteiger partial charge is 0.416 e. The van der Waals surface area contributed by atoms with Gasteiger partial charge in [-0.3, -0.25) is 0 Å². The molecular formula is C17H17F3NO-. The van der Waals surface area contributed by atoms with Gasteiger partial charge in [-0.05, 0) is 44.3 Å². The average molecular weight is 308 g/mol. The third-order valence-electron chi connectivity index (χ3n) is 3.12. The summed E-state index contributed by atoms with van der Waals surface area (Å²) in [6.07, 6.45) is 5.81. The number of ether oxygens (including phenoxy) is 1. The van der Waals surface area contributed by atoms with Crippen molar-refractivity contribution in [3.8, 4) is 5.75 Å². The van der Waals surface area contributed by atoms with Crippen LogP contribution in [-0.2, 0) is 6.18 Å². The molecule has 1 N–H and O–H groups in total. The highest BCUT2D eigenvalue weighted by Crippen LogP contribution is 2.31. The maximum Gasteiger partial charge on any atom is 0.416 e. The quantitative estimate of drug-likeness (QED) is 0.647. The Morgan fingerprint density at radius 2 is 1.91 bits per heavy atom. The molecular weight excluding hydrogens is 291 g/mol. The van der Waals surface area contributed by atoms with E-state index in [4.69, 9.17) is 4.74 Å². The van der Waals surface area contributed by atoms with Gasteiger partial charge < -0.3 is 10.1 Å². The molecule has 1 aliphatic carbocycles. The monoisotopic (exact) mass is 308 g/mol. The lowest BCUT2D eigenvalue weighted by molar-refractivity contribution is -0.137. The van der Waals surface area contributed by atoms with Gasteiger partial charge in [0, 0.05) is 5.76 Å². The molecule has 0 amide bonds. The van der Waals surface area contributed by atoms with Crippen molar-refractivity contribution < 1.29 is 17.9 Å². The second-order valence-corrected chi connectivity index (χ2v) is 4.77. The summed E-state index contributed by atoms with van der Waals surface area (Å²) in [5.74, 6) is 1.11. The SMILES string of the molecule is CNCC/C(Oc1ccc(C(F)(F)F)cc1)=C1/C=CC=C[CH-]1. The van der Waals surface area contributed by atoms with E-state index >= 15 is 0 Å². The van der Waals surface area contributed by atoms with Gasteiger partial charge in [-0.25, -0.2) is 0 Å². The predicted molar refractivity (Wildman–Crippen MR) is 80.2 cm³/mol. The Bertz CT molecular complexity index is 583. The predicted octanol–water partition coefficient (Wildman–Crippen LogP) is 4.28. The van der Waals surface area contributed by atoms with Gasteiger partial charge >= 0.3 is 6.18 Å². The average Bonchev–Trinajstić information content (AvgIpc) is 2.52. The number of alkyl halides is 3. The molecule has 5 heteroatoms. The summed E-state index contributed by atoms with van der Waals surface area (Å²) in [5, 5.41) is 3.03. The minimum atomic E-state index is -4.34. The van der Waals surface area contributed by atoms with Crippen molar-refractivity contribution in [1.29, 1.82) is 0 Å². The lowest BCUT2D eigenvalue weighted by Gasteiger charge is -2.21. The molecule has 0 saturated carbocycles. The van der Waals surface area contributed by atoms with Crippen LogP contribution in [0.1, 0.15) is 12.0 Å². The van der Waals surface area contributed by atoms with E-state index in [1.165, 1.54) is 12.1 Å². The molecule has 0 spiro atoms. The number of rotatable bonds is 5. The van der Waals surface area contributed by atoms with Crippen LogP contribution < -0.4 is 10.1 Å². The summed E-state index contributed by atoms with van der Waals surface area (Å²) in [6.45, 7) is 0.713. The Balaban J connectivity index is 2.17. The molecule has 2 rings (SSSR count). The van der Waals surface area contributed by atoms with Gasteiger partial charge in [-0.2, -0.15) is 13.2 Å². The Kier molecular flexibility index (Phi) is 5.33. The van der Waals surface area contributed by atoms with Crippen molar-refractivity contribution in [2.24, 2.45) is 0 Å². The first-order valence-electron chi connectivity index (χ1n) is 6.91. The van der Waals surface area contributed by atoms with Crippen LogP contribution in [0.25, 0.3) is 0 Å². The number of hydrogen-bond acceptors (Lipinski definition) is 2. The largest absolute Gasteiger partial charge is 0.505 e. The molecule has 0 saturated heterocycles. The van der Waals surface area contributed by atoms with Crippen molar-refractivity contribution in [2.75, 3.05) is 13.6 Å². The van der Waals surface area contributed by atoms with Crippen LogP contribution in [0.2, 0.25) is 0 Å². The fraction of sp³-hybridized carbons (Fsp3) is 0.235. The molecule has 0 aliphatic heterocycles. The second-order valence-electron chi connectivity index (χ2n) is 4.77. The number of allylic oxidation sites excluding steroid dienone is 5. The third kappa shape index (κ3) is 4.43. The van der Waals surface area contributed by atoms with Crippen molar-refractivity contribution in [3.63, 3.8) is 0 Å². The van der Waals surface area contributed by atoms with Crippen LogP contribution in [0.4, 0.5) is 13.2 Å². The fourth-order valence-electron chi connectivity index (χ4n) is 1.97. The highest BCUT2D eigenvalue weighted by Gasteiger charge is 2.30. The molecule has 0 fully saturated rings. The molecule has 0 heterocycles. The maximum atomic E-state index is 12.6. The standard InChI is InChI=1S/C17H17F3NO/c1-21-12-11-16(13-5-3-2-4-6-13)22-15-9-7-14(8-10-15)17(18,19)20/h2-10,21H,11-12H2,1H3/q-1. The van der Waals surface area contributed by atoms with E-state index in [1.54, 1.807) is 0 Å². The highest BCUT2D eigenvalue weighted by molar-refractivity contribution is 5.42. The van der Waals surface area contributed by atoms with Crippen LogP contribution in [0, 0.1) is 6.42 Å². The Morgan fingerprint density at radius 1 is 1.18 bits per heavy atom. The van der Waals surface area contributed by atoms with Crippen LogP contribution in [0.15, 0.2) is 59.9 Å². The zero-order valence-electron chi connectivity index (χ0n) is 12.2. The van der Waals surface area contributed by atoms with Crippen molar-refractivity contribution in [2.45, 2.75) is 12.6 Å². The van der Waals surface area contributed by atoms with Gasteiger partial charge in [0.1, 0.15) is 5.75 Å². The summed E-state index contributed by atoms with van der Waals surface area (Å²) >= 11 is 0. The molecule has 1 aromatic rings. The van der Waals surface area contributed by atoms with Crippen LogP contribution in [0.3, 0.4) is 0 Å². The molecule has 0 unspecified atom stereocenters. The van der Waals surface area contributed by atoms with E-state index in [9.17, 15) is 13.2 Å². The lowest BCUT2D eigenvalue weighted by Crippen LogP contribution is -2.12. The summed E-state index contributed by atoms with van der Waals surface area (Å²) < 4.78 is 43.5. The molecule has 22 heavy (non-hydrogen) atoms. The van der Waals surface area contributed by atoms with E-state index in [-0.39, 0.29) is 0 Å². The summed E-state index contributed by atoms with van der Waals surface area (Å²) in [4.78, 5) is 0. The molecule has 2 nitrogen and oxygen atoms in total. The summed E-state index contributed by atoms with van der Waals surface area (Å²) in [6, 6.07) is 4.72. The zero-order chi connectivity index (χ0) is 16.0. The Labute approximate surface area is 128 Å². The number of halogens is 3. The van der Waals surface area contributed by atoms with Gasteiger partial charge in [0.15, 0.2) is 0 Å². The van der Waals surface area contributed by atoms with E-state index in [1.807, 2.05) is 37.8 Å². The minimum Gasteiger partial charge on any atom is -0.505 e. The highest BCUT2D eigenvalue weighted by atomic mass is 19.4. The topological polar surface area (TPSA) is 21.3 Å². The second kappa shape index (κ2) is 7.22. The fourth-order valence-corrected chi connectivity index (χ4v) is 1.97. The molecule has 0 radical (unpaired) electrons. The van der Waals surface area contributed by atoms with Gasteiger partial charge in [0.25, 0.3) is 0 Å². The Hall–Kier alpha value is -2.14. The third-order valence-corrected chi connectivity index (χ3v) is 3.12. The number of benzene rings is 1. The van der Waals surface area contributed by atoms with E-state index < -0.39 is 11.7 Å². The Morgan fingerprint density at radius 3 is 2.45 bits per heavy atom.